The Morgan fingerprint density at radius 3 is 2.48 bits per heavy atom. The van der Waals surface area contributed by atoms with Gasteiger partial charge >= 0.3 is 0 Å². The molecule has 7 heteroatoms. The molecule has 1 aliphatic heterocycles. The Bertz CT molecular complexity index is 939. The van der Waals surface area contributed by atoms with Crippen LogP contribution in [0, 0.1) is 6.92 Å². The fourth-order valence-corrected chi connectivity index (χ4v) is 5.36. The molecule has 0 aliphatic carbocycles. The number of amides is 1. The molecule has 3 N–H and O–H groups in total. The van der Waals surface area contributed by atoms with Gasteiger partial charge in [-0.2, -0.15) is 4.31 Å². The normalized spacial score (nSPS) is 16.3. The van der Waals surface area contributed by atoms with E-state index in [1.54, 1.807) is 29.4 Å². The van der Waals surface area contributed by atoms with Crippen molar-refractivity contribution >= 4 is 21.6 Å². The number of nitrogens with one attached hydrogen (secondary N) is 1. The lowest BCUT2D eigenvalue weighted by atomic mass is 10.1. The Kier molecular flexibility index (Phi) is 7.05. The number of carbonyl (C=O) groups excluding carboxylic acids is 1. The molecule has 2 aromatic carbocycles. The number of hydrogen-bond donors (Lipinski definition) is 2. The molecule has 0 aromatic heterocycles. The number of nitrogens with two attached hydrogens (primary N) is 1. The number of nitrogens with zero attached hydrogens (tertiary/aromatic N) is 1. The number of piperidine rings is 1. The Hall–Kier alpha value is -2.22. The van der Waals surface area contributed by atoms with E-state index in [0.717, 1.165) is 24.8 Å². The minimum absolute atomic E-state index is 0.155. The summed E-state index contributed by atoms with van der Waals surface area (Å²) in [6, 6.07) is 15.3. The third-order valence-electron chi connectivity index (χ3n) is 5.39. The van der Waals surface area contributed by atoms with Gasteiger partial charge in [-0.3, -0.25) is 4.79 Å². The summed E-state index contributed by atoms with van der Waals surface area (Å²) >= 11 is 0. The van der Waals surface area contributed by atoms with Crippen LogP contribution >= 0.6 is 0 Å². The molecule has 2 aromatic rings. The van der Waals surface area contributed by atoms with Crippen molar-refractivity contribution in [1.82, 2.24) is 4.31 Å². The monoisotopic (exact) mass is 416 g/mol. The van der Waals surface area contributed by atoms with Gasteiger partial charge in [0.2, 0.25) is 10.0 Å². The average Bonchev–Trinajstić information content (AvgIpc) is 2.74. The summed E-state index contributed by atoms with van der Waals surface area (Å²) < 4.78 is 27.6. The summed E-state index contributed by atoms with van der Waals surface area (Å²) in [6.45, 7) is 5.23. The zero-order valence-corrected chi connectivity index (χ0v) is 17.9. The molecule has 1 atom stereocenters. The molecule has 0 saturated carbocycles. The van der Waals surface area contributed by atoms with E-state index in [4.69, 9.17) is 0 Å². The lowest BCUT2D eigenvalue weighted by Gasteiger charge is -2.26. The third-order valence-corrected chi connectivity index (χ3v) is 7.43. The molecule has 29 heavy (non-hydrogen) atoms. The van der Waals surface area contributed by atoms with Crippen LogP contribution in [0.25, 0.3) is 0 Å². The van der Waals surface area contributed by atoms with Gasteiger partial charge in [-0.1, -0.05) is 42.8 Å². The van der Waals surface area contributed by atoms with E-state index in [-0.39, 0.29) is 23.4 Å². The Balaban J connectivity index is 1.65. The molecule has 0 spiro atoms. The van der Waals surface area contributed by atoms with Gasteiger partial charge in [-0.25, -0.2) is 8.42 Å². The van der Waals surface area contributed by atoms with Gasteiger partial charge in [0.05, 0.1) is 4.90 Å². The van der Waals surface area contributed by atoms with Gasteiger partial charge in [0.15, 0.2) is 6.54 Å². The lowest BCUT2D eigenvalue weighted by molar-refractivity contribution is -0.682. The van der Waals surface area contributed by atoms with Crippen molar-refractivity contribution in [2.45, 2.75) is 44.0 Å². The van der Waals surface area contributed by atoms with Crippen molar-refractivity contribution in [3.63, 3.8) is 0 Å². The fourth-order valence-electron chi connectivity index (χ4n) is 3.59. The topological polar surface area (TPSA) is 83.1 Å². The zero-order chi connectivity index (χ0) is 20.9. The van der Waals surface area contributed by atoms with Crippen molar-refractivity contribution in [2.24, 2.45) is 0 Å². The van der Waals surface area contributed by atoms with Gasteiger partial charge in [0, 0.05) is 24.3 Å². The number of benzene rings is 2. The summed E-state index contributed by atoms with van der Waals surface area (Å²) in [7, 11) is -3.54. The first-order valence-corrected chi connectivity index (χ1v) is 11.6. The zero-order valence-electron chi connectivity index (χ0n) is 17.1. The van der Waals surface area contributed by atoms with E-state index in [1.165, 1.54) is 0 Å². The molecule has 1 amide bonds. The highest BCUT2D eigenvalue weighted by molar-refractivity contribution is 7.89. The number of hydrogen-bond acceptors (Lipinski definition) is 3. The van der Waals surface area contributed by atoms with E-state index < -0.39 is 10.0 Å². The van der Waals surface area contributed by atoms with Crippen LogP contribution in [-0.2, 0) is 14.8 Å². The van der Waals surface area contributed by atoms with Crippen LogP contribution in [-0.4, -0.2) is 38.3 Å². The van der Waals surface area contributed by atoms with Crippen molar-refractivity contribution in [1.29, 1.82) is 0 Å². The van der Waals surface area contributed by atoms with Crippen molar-refractivity contribution in [3.05, 3.63) is 59.7 Å². The molecule has 6 nitrogen and oxygen atoms in total. The highest BCUT2D eigenvalue weighted by atomic mass is 32.2. The number of quaternary nitrogens is 1. The van der Waals surface area contributed by atoms with Crippen LogP contribution in [0.2, 0.25) is 0 Å². The smallest absolute Gasteiger partial charge is 0.279 e. The molecule has 1 fully saturated rings. The van der Waals surface area contributed by atoms with Gasteiger partial charge < -0.3 is 10.6 Å². The van der Waals surface area contributed by atoms with Crippen LogP contribution < -0.4 is 10.6 Å². The van der Waals surface area contributed by atoms with E-state index in [1.807, 2.05) is 35.6 Å². The van der Waals surface area contributed by atoms with Crippen LogP contribution in [0.15, 0.2) is 53.4 Å². The summed E-state index contributed by atoms with van der Waals surface area (Å²) in [5, 5.41) is 4.80. The SMILES string of the molecule is Cc1ccc(NC(=O)C[NH2+][C@H](C)c2ccccc2)cc1S(=O)(=O)N1CCCCC1. The summed E-state index contributed by atoms with van der Waals surface area (Å²) in [5.74, 6) is -0.155. The summed E-state index contributed by atoms with van der Waals surface area (Å²) in [5.41, 5.74) is 2.36. The molecule has 1 saturated heterocycles. The highest BCUT2D eigenvalue weighted by Gasteiger charge is 2.27. The van der Waals surface area contributed by atoms with Gasteiger partial charge in [0.1, 0.15) is 6.04 Å². The Morgan fingerprint density at radius 1 is 1.10 bits per heavy atom. The van der Waals surface area contributed by atoms with E-state index in [0.29, 0.717) is 24.3 Å². The molecule has 156 valence electrons. The molecule has 0 bridgehead atoms. The van der Waals surface area contributed by atoms with Crippen molar-refractivity contribution in [2.75, 3.05) is 25.0 Å². The van der Waals surface area contributed by atoms with E-state index >= 15 is 0 Å². The van der Waals surface area contributed by atoms with Crippen molar-refractivity contribution < 1.29 is 18.5 Å². The lowest BCUT2D eigenvalue weighted by Crippen LogP contribution is -2.86. The Labute approximate surface area is 173 Å². The first-order chi connectivity index (χ1) is 13.9. The number of rotatable bonds is 7. The third kappa shape index (κ3) is 5.44. The molecule has 1 heterocycles. The quantitative estimate of drug-likeness (QED) is 0.727. The second kappa shape index (κ2) is 9.52. The summed E-state index contributed by atoms with van der Waals surface area (Å²) in [6.07, 6.45) is 2.85. The predicted molar refractivity (Wildman–Crippen MR) is 114 cm³/mol. The molecule has 0 radical (unpaired) electrons. The van der Waals surface area contributed by atoms with E-state index in [2.05, 4.69) is 12.2 Å². The summed E-state index contributed by atoms with van der Waals surface area (Å²) in [4.78, 5) is 12.7. The van der Waals surface area contributed by atoms with Gasteiger partial charge in [0.25, 0.3) is 5.91 Å². The molecule has 0 unspecified atom stereocenters. The fraction of sp³-hybridized carbons (Fsp3) is 0.409. The van der Waals surface area contributed by atoms with Gasteiger partial charge in [-0.15, -0.1) is 0 Å². The van der Waals surface area contributed by atoms with Crippen LogP contribution in [0.1, 0.15) is 43.4 Å². The number of carbonyl (C=O) groups is 1. The molecule has 3 rings (SSSR count). The molecular formula is C22H30N3O3S+. The largest absolute Gasteiger partial charge is 0.333 e. The average molecular weight is 417 g/mol. The van der Waals surface area contributed by atoms with Gasteiger partial charge in [-0.05, 0) is 44.4 Å². The minimum Gasteiger partial charge on any atom is -0.333 e. The predicted octanol–water partition coefficient (Wildman–Crippen LogP) is 2.43. The number of aryl methyl sites for hydroxylation is 1. The number of anilines is 1. The molecular weight excluding hydrogens is 386 g/mol. The first-order valence-electron chi connectivity index (χ1n) is 10.2. The van der Waals surface area contributed by atoms with Crippen LogP contribution in [0.5, 0.6) is 0 Å². The first kappa shape index (κ1) is 21.5. The van der Waals surface area contributed by atoms with Crippen LogP contribution in [0.3, 0.4) is 0 Å². The second-order valence-electron chi connectivity index (χ2n) is 7.63. The van der Waals surface area contributed by atoms with Crippen LogP contribution in [0.4, 0.5) is 5.69 Å². The maximum Gasteiger partial charge on any atom is 0.279 e. The van der Waals surface area contributed by atoms with Crippen molar-refractivity contribution in [3.8, 4) is 0 Å². The molecule has 1 aliphatic rings. The second-order valence-corrected chi connectivity index (χ2v) is 9.54. The van der Waals surface area contributed by atoms with E-state index in [9.17, 15) is 13.2 Å². The standard InChI is InChI=1S/C22H29N3O3S/c1-17-11-12-20(15-21(17)29(27,28)25-13-7-4-8-14-25)24-22(26)16-23-18(2)19-9-5-3-6-10-19/h3,5-6,9-12,15,18,23H,4,7-8,13-14,16H2,1-2H3,(H,24,26)/p+1/t18-/m1/s1. The highest BCUT2D eigenvalue weighted by Crippen LogP contribution is 2.26. The maximum absolute atomic E-state index is 13.0. The minimum atomic E-state index is -3.54. The Morgan fingerprint density at radius 2 is 1.79 bits per heavy atom. The number of sulfonamides is 1. The maximum atomic E-state index is 13.0.